The quantitative estimate of drug-likeness (QED) is 0.298. The summed E-state index contributed by atoms with van der Waals surface area (Å²) < 4.78 is 92.0. The summed E-state index contributed by atoms with van der Waals surface area (Å²) in [6, 6.07) is 0. The predicted octanol–water partition coefficient (Wildman–Crippen LogP) is 3.94. The van der Waals surface area contributed by atoms with E-state index >= 15 is 0 Å². The molecule has 1 saturated heterocycles. The fourth-order valence-electron chi connectivity index (χ4n) is 3.09. The predicted molar refractivity (Wildman–Crippen MR) is 94.7 cm³/mol. The van der Waals surface area contributed by atoms with Gasteiger partial charge in [-0.1, -0.05) is 6.92 Å². The van der Waals surface area contributed by atoms with Gasteiger partial charge in [0.1, 0.15) is 18.8 Å². The molecule has 1 aliphatic heterocycles. The summed E-state index contributed by atoms with van der Waals surface area (Å²) in [4.78, 5) is 25.0. The molecule has 1 rings (SSSR count). The molecule has 0 aromatic carbocycles. The lowest BCUT2D eigenvalue weighted by atomic mass is 9.72. The van der Waals surface area contributed by atoms with Crippen molar-refractivity contribution < 1.29 is 55.2 Å². The molecule has 3 atom stereocenters. The number of esters is 2. The lowest BCUT2D eigenvalue weighted by Gasteiger charge is -2.36. The summed E-state index contributed by atoms with van der Waals surface area (Å²) in [6.07, 6.45) is -15.9. The number of aliphatic hydroxyl groups is 1. The van der Waals surface area contributed by atoms with E-state index in [1.165, 1.54) is 20.8 Å². The number of carbonyl (C=O) groups is 2. The summed E-state index contributed by atoms with van der Waals surface area (Å²) in [6.45, 7) is 7.25. The van der Waals surface area contributed by atoms with Gasteiger partial charge in [0.15, 0.2) is 0 Å². The van der Waals surface area contributed by atoms with Crippen LogP contribution in [0.5, 0.6) is 0 Å². The van der Waals surface area contributed by atoms with Crippen molar-refractivity contribution in [2.75, 3.05) is 13.2 Å². The van der Waals surface area contributed by atoms with Crippen LogP contribution in [0.3, 0.4) is 0 Å². The summed E-state index contributed by atoms with van der Waals surface area (Å²) in [5.74, 6) is -1.72. The molecule has 0 radical (unpaired) electrons. The van der Waals surface area contributed by atoms with E-state index in [2.05, 4.69) is 0 Å². The van der Waals surface area contributed by atoms with Gasteiger partial charge in [-0.25, -0.2) is 0 Å². The highest BCUT2D eigenvalue weighted by atomic mass is 19.4. The van der Waals surface area contributed by atoms with Gasteiger partial charge >= 0.3 is 24.3 Å². The number of epoxide rings is 1. The van der Waals surface area contributed by atoms with Crippen molar-refractivity contribution >= 4 is 11.9 Å². The molecule has 0 aromatic heterocycles. The molecule has 182 valence electrons. The molecule has 0 bridgehead atoms. The van der Waals surface area contributed by atoms with Gasteiger partial charge in [-0.15, -0.1) is 0 Å². The first-order chi connectivity index (χ1) is 13.8. The van der Waals surface area contributed by atoms with Crippen LogP contribution in [0, 0.1) is 10.8 Å². The molecule has 0 amide bonds. The van der Waals surface area contributed by atoms with Crippen molar-refractivity contribution in [3.63, 3.8) is 0 Å². The maximum absolute atomic E-state index is 12.9. The minimum atomic E-state index is -6.02. The van der Waals surface area contributed by atoms with Gasteiger partial charge in [0.05, 0.1) is 17.4 Å². The fourth-order valence-corrected chi connectivity index (χ4v) is 3.09. The normalized spacial score (nSPS) is 20.6. The van der Waals surface area contributed by atoms with Crippen LogP contribution in [0.1, 0.15) is 53.9 Å². The zero-order valence-corrected chi connectivity index (χ0v) is 17.9. The monoisotopic (exact) mass is 466 g/mol. The second kappa shape index (κ2) is 9.13. The molecule has 0 aliphatic carbocycles. The van der Waals surface area contributed by atoms with Gasteiger partial charge in [0.2, 0.25) is 0 Å². The number of hydrogen-bond acceptors (Lipinski definition) is 6. The molecule has 1 fully saturated rings. The number of ether oxygens (including phenoxy) is 3. The van der Waals surface area contributed by atoms with Gasteiger partial charge in [0.25, 0.3) is 5.60 Å². The molecular weight excluding hydrogens is 438 g/mol. The number of alkyl halides is 6. The summed E-state index contributed by atoms with van der Waals surface area (Å²) in [7, 11) is 0. The Hall–Kier alpha value is -1.56. The molecular formula is C19H28F6O6. The Morgan fingerprint density at radius 2 is 1.55 bits per heavy atom. The van der Waals surface area contributed by atoms with Crippen molar-refractivity contribution in [1.82, 2.24) is 0 Å². The molecule has 3 unspecified atom stereocenters. The van der Waals surface area contributed by atoms with E-state index in [9.17, 15) is 41.0 Å². The molecule has 0 spiro atoms. The van der Waals surface area contributed by atoms with Gasteiger partial charge in [-0.3, -0.25) is 9.59 Å². The molecule has 1 heterocycles. The van der Waals surface area contributed by atoms with E-state index < -0.39 is 53.2 Å². The Morgan fingerprint density at radius 3 is 1.94 bits per heavy atom. The van der Waals surface area contributed by atoms with Crippen LogP contribution in [0.4, 0.5) is 26.3 Å². The van der Waals surface area contributed by atoms with Crippen molar-refractivity contribution in [3.05, 3.63) is 0 Å². The van der Waals surface area contributed by atoms with Crippen LogP contribution >= 0.6 is 0 Å². The molecule has 0 aromatic rings. The van der Waals surface area contributed by atoms with Crippen LogP contribution in [0.25, 0.3) is 0 Å². The van der Waals surface area contributed by atoms with Crippen LogP contribution < -0.4 is 0 Å². The second-order valence-corrected chi connectivity index (χ2v) is 8.80. The third kappa shape index (κ3) is 6.71. The van der Waals surface area contributed by atoms with E-state index in [-0.39, 0.29) is 25.6 Å². The first kappa shape index (κ1) is 27.5. The van der Waals surface area contributed by atoms with Crippen molar-refractivity contribution in [2.45, 2.75) is 84.0 Å². The highest BCUT2D eigenvalue weighted by molar-refractivity contribution is 5.80. The molecule has 31 heavy (non-hydrogen) atoms. The topological polar surface area (TPSA) is 85.4 Å². The van der Waals surface area contributed by atoms with Gasteiger partial charge < -0.3 is 19.3 Å². The van der Waals surface area contributed by atoms with Crippen molar-refractivity contribution in [2.24, 2.45) is 10.8 Å². The molecule has 0 saturated carbocycles. The third-order valence-corrected chi connectivity index (χ3v) is 5.29. The second-order valence-electron chi connectivity index (χ2n) is 8.80. The average Bonchev–Trinajstić information content (AvgIpc) is 3.41. The Balaban J connectivity index is 2.86. The third-order valence-electron chi connectivity index (χ3n) is 5.29. The van der Waals surface area contributed by atoms with Crippen LogP contribution in [-0.2, 0) is 23.8 Å². The van der Waals surface area contributed by atoms with Gasteiger partial charge in [0, 0.05) is 6.42 Å². The zero-order valence-electron chi connectivity index (χ0n) is 17.9. The minimum Gasteiger partial charge on any atom is -0.462 e. The Bertz CT molecular complexity index is 641. The van der Waals surface area contributed by atoms with Crippen molar-refractivity contribution in [1.29, 1.82) is 0 Å². The lowest BCUT2D eigenvalue weighted by molar-refractivity contribution is -0.373. The molecule has 1 N–H and O–H groups in total. The van der Waals surface area contributed by atoms with Gasteiger partial charge in [-0.2, -0.15) is 26.3 Å². The number of rotatable bonds is 10. The molecule has 12 heteroatoms. The summed E-state index contributed by atoms with van der Waals surface area (Å²) in [5, 5.41) is 9.26. The largest absolute Gasteiger partial charge is 0.462 e. The fraction of sp³-hybridized carbons (Fsp3) is 0.895. The van der Waals surface area contributed by atoms with E-state index in [0.717, 1.165) is 6.92 Å². The lowest BCUT2D eigenvalue weighted by Crippen LogP contribution is -2.58. The number of carbonyl (C=O) groups excluding carboxylic acids is 2. The summed E-state index contributed by atoms with van der Waals surface area (Å²) >= 11 is 0. The van der Waals surface area contributed by atoms with Gasteiger partial charge in [-0.05, 0) is 40.5 Å². The maximum atomic E-state index is 12.9. The van der Waals surface area contributed by atoms with Crippen molar-refractivity contribution in [3.8, 4) is 0 Å². The maximum Gasteiger partial charge on any atom is 0.426 e. The minimum absolute atomic E-state index is 0.0454. The zero-order chi connectivity index (χ0) is 24.5. The first-order valence-corrected chi connectivity index (χ1v) is 9.65. The average molecular weight is 466 g/mol. The van der Waals surface area contributed by atoms with Crippen LogP contribution in [-0.4, -0.2) is 60.4 Å². The van der Waals surface area contributed by atoms with Crippen LogP contribution in [0.2, 0.25) is 0 Å². The standard InChI is InChI=1S/C19H28F6O6/c1-6-16(5,14(27)30-9-12-8-29-12)10-15(3,4)13(26)31-11(2)7-17(28,18(20,21)22)19(23,24)25/h11-12,28H,6-10H2,1-5H3. The van der Waals surface area contributed by atoms with E-state index in [1.807, 2.05) is 0 Å². The Kier molecular flexibility index (Phi) is 8.09. The van der Waals surface area contributed by atoms with E-state index in [4.69, 9.17) is 14.2 Å². The SMILES string of the molecule is CCC(C)(CC(C)(C)C(=O)OC(C)CC(O)(C(F)(F)F)C(F)(F)F)C(=O)OCC1CO1. The van der Waals surface area contributed by atoms with Crippen LogP contribution in [0.15, 0.2) is 0 Å². The highest BCUT2D eigenvalue weighted by Gasteiger charge is 2.70. The van der Waals surface area contributed by atoms with E-state index in [1.54, 1.807) is 6.92 Å². The Labute approximate surface area is 176 Å². The molecule has 1 aliphatic rings. The highest BCUT2D eigenvalue weighted by Crippen LogP contribution is 2.46. The molecule has 6 nitrogen and oxygen atoms in total. The smallest absolute Gasteiger partial charge is 0.426 e. The summed E-state index contributed by atoms with van der Waals surface area (Å²) in [5.41, 5.74) is -7.63. The number of halogens is 6. The number of hydrogen-bond donors (Lipinski definition) is 1. The Morgan fingerprint density at radius 1 is 1.06 bits per heavy atom. The first-order valence-electron chi connectivity index (χ1n) is 9.65. The van der Waals surface area contributed by atoms with E-state index in [0.29, 0.717) is 6.61 Å².